The van der Waals surface area contributed by atoms with Gasteiger partial charge in [-0.2, -0.15) is 5.10 Å². The van der Waals surface area contributed by atoms with E-state index in [1.54, 1.807) is 36.4 Å². The van der Waals surface area contributed by atoms with Crippen LogP contribution in [-0.2, 0) is 0 Å². The summed E-state index contributed by atoms with van der Waals surface area (Å²) in [6, 6.07) is 20.1. The van der Waals surface area contributed by atoms with Crippen LogP contribution in [0.1, 0.15) is 26.3 Å². The van der Waals surface area contributed by atoms with Crippen molar-refractivity contribution in [1.29, 1.82) is 0 Å². The number of nitro benzene ring substituents is 1. The summed E-state index contributed by atoms with van der Waals surface area (Å²) in [5, 5.41) is 18.3. The molecule has 0 spiro atoms. The van der Waals surface area contributed by atoms with Crippen molar-refractivity contribution in [3.05, 3.63) is 123 Å². The number of hydrogen-bond acceptors (Lipinski definition) is 8. The van der Waals surface area contributed by atoms with Gasteiger partial charge in [0.25, 0.3) is 17.5 Å². The zero-order valence-electron chi connectivity index (χ0n) is 20.7. The van der Waals surface area contributed by atoms with Crippen LogP contribution in [0.2, 0.25) is 0 Å². The minimum atomic E-state index is -0.629. The number of benzene rings is 4. The van der Waals surface area contributed by atoms with Crippen LogP contribution in [0.3, 0.4) is 0 Å². The van der Waals surface area contributed by atoms with Gasteiger partial charge in [-0.15, -0.1) is 11.3 Å². The Morgan fingerprint density at radius 2 is 1.76 bits per heavy atom. The number of hydrogen-bond donors (Lipinski definition) is 2. The lowest BCUT2D eigenvalue weighted by Gasteiger charge is -2.05. The van der Waals surface area contributed by atoms with Crippen molar-refractivity contribution >= 4 is 62.7 Å². The first-order valence-corrected chi connectivity index (χ1v) is 13.4. The number of rotatable bonds is 8. The van der Waals surface area contributed by atoms with Gasteiger partial charge in [-0.3, -0.25) is 19.7 Å². The molecule has 2 N–H and O–H groups in total. The fourth-order valence-corrected chi connectivity index (χ4v) is 5.79. The molecule has 204 valence electrons. The third-order valence-corrected chi connectivity index (χ3v) is 7.75. The van der Waals surface area contributed by atoms with E-state index < -0.39 is 28.4 Å². The van der Waals surface area contributed by atoms with Crippen LogP contribution in [0.15, 0.2) is 99.3 Å². The summed E-state index contributed by atoms with van der Waals surface area (Å²) in [6.45, 7) is 0. The third kappa shape index (κ3) is 6.59. The summed E-state index contributed by atoms with van der Waals surface area (Å²) in [5.74, 6) is -2.25. The fraction of sp³-hybridized carbons (Fsp3) is 0. The molecule has 0 saturated carbocycles. The third-order valence-electron chi connectivity index (χ3n) is 5.61. The summed E-state index contributed by atoms with van der Waals surface area (Å²) in [7, 11) is 0. The molecular formula is C28H17F2N5O4S2. The number of nitrogens with one attached hydrogen (secondary N) is 2. The highest BCUT2D eigenvalue weighted by atomic mass is 32.2. The summed E-state index contributed by atoms with van der Waals surface area (Å²) in [6.07, 6.45) is 1.26. The van der Waals surface area contributed by atoms with Crippen LogP contribution < -0.4 is 10.7 Å². The molecule has 0 radical (unpaired) electrons. The van der Waals surface area contributed by atoms with E-state index in [-0.39, 0.29) is 16.8 Å². The molecule has 0 atom stereocenters. The Balaban J connectivity index is 1.29. The first-order chi connectivity index (χ1) is 19.8. The second-order valence-corrected chi connectivity index (χ2v) is 10.7. The predicted molar refractivity (Wildman–Crippen MR) is 153 cm³/mol. The topological polar surface area (TPSA) is 127 Å². The van der Waals surface area contributed by atoms with E-state index >= 15 is 0 Å². The van der Waals surface area contributed by atoms with Crippen molar-refractivity contribution in [2.75, 3.05) is 5.32 Å². The normalized spacial score (nSPS) is 11.1. The highest BCUT2D eigenvalue weighted by Crippen LogP contribution is 2.39. The van der Waals surface area contributed by atoms with Gasteiger partial charge in [0.05, 0.1) is 31.8 Å². The van der Waals surface area contributed by atoms with E-state index in [0.29, 0.717) is 26.0 Å². The molecule has 5 aromatic rings. The zero-order valence-corrected chi connectivity index (χ0v) is 22.3. The van der Waals surface area contributed by atoms with Gasteiger partial charge in [0.2, 0.25) is 0 Å². The van der Waals surface area contributed by atoms with Crippen molar-refractivity contribution in [2.45, 2.75) is 9.24 Å². The molecule has 13 heteroatoms. The number of anilines is 1. The van der Waals surface area contributed by atoms with Gasteiger partial charge in [0, 0.05) is 22.9 Å². The summed E-state index contributed by atoms with van der Waals surface area (Å²) in [5.41, 5.74) is 3.69. The molecule has 2 amide bonds. The molecule has 0 aliphatic heterocycles. The predicted octanol–water partition coefficient (Wildman–Crippen LogP) is 6.65. The van der Waals surface area contributed by atoms with E-state index in [9.17, 15) is 28.5 Å². The highest BCUT2D eigenvalue weighted by molar-refractivity contribution is 8.01. The molecule has 0 unspecified atom stereocenters. The van der Waals surface area contributed by atoms with E-state index in [1.807, 2.05) is 0 Å². The van der Waals surface area contributed by atoms with Crippen LogP contribution in [0.4, 0.5) is 20.2 Å². The van der Waals surface area contributed by atoms with Gasteiger partial charge in [0.15, 0.2) is 4.34 Å². The van der Waals surface area contributed by atoms with E-state index in [2.05, 4.69) is 20.8 Å². The minimum absolute atomic E-state index is 0.0794. The lowest BCUT2D eigenvalue weighted by molar-refractivity contribution is -0.387. The van der Waals surface area contributed by atoms with Gasteiger partial charge < -0.3 is 5.32 Å². The Kier molecular flexibility index (Phi) is 8.08. The Morgan fingerprint density at radius 1 is 0.976 bits per heavy atom. The molecular weight excluding hydrogens is 572 g/mol. The monoisotopic (exact) mass is 589 g/mol. The lowest BCUT2D eigenvalue weighted by atomic mass is 10.2. The van der Waals surface area contributed by atoms with Crippen molar-refractivity contribution in [3.8, 4) is 0 Å². The number of thiazole rings is 1. The first kappa shape index (κ1) is 27.6. The maximum absolute atomic E-state index is 13.9. The molecule has 0 saturated heterocycles. The molecule has 1 aromatic heterocycles. The molecule has 0 bridgehead atoms. The van der Waals surface area contributed by atoms with Crippen molar-refractivity contribution in [3.63, 3.8) is 0 Å². The number of fused-ring (bicyclic) bond motifs is 1. The Hall–Kier alpha value is -5.01. The largest absolute Gasteiger partial charge is 0.322 e. The summed E-state index contributed by atoms with van der Waals surface area (Å²) >= 11 is 2.39. The van der Waals surface area contributed by atoms with Crippen molar-refractivity contribution < 1.29 is 23.3 Å². The number of hydrazone groups is 1. The van der Waals surface area contributed by atoms with E-state index in [1.165, 1.54) is 53.9 Å². The maximum atomic E-state index is 13.9. The number of nitro groups is 1. The van der Waals surface area contributed by atoms with Gasteiger partial charge in [-0.1, -0.05) is 30.0 Å². The van der Waals surface area contributed by atoms with Gasteiger partial charge in [-0.25, -0.2) is 19.2 Å². The standard InChI is InChI=1S/C28H17F2N5O4S2/c29-18-8-6-17(7-9-18)26(36)34-31-15-16-5-12-24(23(13-16)35(38)39)40-28-33-22-11-10-19(14-25(22)41-28)32-27(37)20-3-1-2-4-21(20)30/h1-15H,(H,32,37)(H,34,36)/b31-15-. The number of amides is 2. The van der Waals surface area contributed by atoms with Crippen molar-refractivity contribution in [1.82, 2.24) is 10.4 Å². The number of carbonyl (C=O) groups excluding carboxylic acids is 2. The summed E-state index contributed by atoms with van der Waals surface area (Å²) < 4.78 is 28.2. The number of halogens is 2. The van der Waals surface area contributed by atoms with E-state index in [4.69, 9.17) is 0 Å². The average Bonchev–Trinajstić information content (AvgIpc) is 3.35. The second-order valence-electron chi connectivity index (χ2n) is 8.39. The van der Waals surface area contributed by atoms with Gasteiger partial charge in [0.1, 0.15) is 11.6 Å². The quantitative estimate of drug-likeness (QED) is 0.119. The minimum Gasteiger partial charge on any atom is -0.322 e. The highest BCUT2D eigenvalue weighted by Gasteiger charge is 2.18. The van der Waals surface area contributed by atoms with Crippen molar-refractivity contribution in [2.24, 2.45) is 5.10 Å². The smallest absolute Gasteiger partial charge is 0.283 e. The molecule has 41 heavy (non-hydrogen) atoms. The van der Waals surface area contributed by atoms with Crippen LogP contribution >= 0.6 is 23.1 Å². The summed E-state index contributed by atoms with van der Waals surface area (Å²) in [4.78, 5) is 40.7. The van der Waals surface area contributed by atoms with Crippen LogP contribution in [0.5, 0.6) is 0 Å². The van der Waals surface area contributed by atoms with Crippen LogP contribution in [0.25, 0.3) is 10.2 Å². The number of nitrogens with zero attached hydrogens (tertiary/aromatic N) is 3. The SMILES string of the molecule is O=C(N/N=C\c1ccc(Sc2nc3ccc(NC(=O)c4ccccc4F)cc3s2)c([N+](=O)[O-])c1)c1ccc(F)cc1. The number of carbonyl (C=O) groups is 2. The number of aromatic nitrogens is 1. The van der Waals surface area contributed by atoms with Gasteiger partial charge in [-0.05, 0) is 60.7 Å². The van der Waals surface area contributed by atoms with Crippen LogP contribution in [-0.4, -0.2) is 27.9 Å². The molecule has 1 heterocycles. The molecule has 9 nitrogen and oxygen atoms in total. The molecule has 4 aromatic carbocycles. The van der Waals surface area contributed by atoms with Crippen LogP contribution in [0, 0.1) is 21.7 Å². The average molecular weight is 590 g/mol. The fourth-order valence-electron chi connectivity index (χ4n) is 3.64. The Bertz CT molecular complexity index is 1830. The van der Waals surface area contributed by atoms with Gasteiger partial charge >= 0.3 is 0 Å². The zero-order chi connectivity index (χ0) is 28.9. The van der Waals surface area contributed by atoms with E-state index in [0.717, 1.165) is 28.6 Å². The Labute approximate surface area is 239 Å². The molecule has 0 aliphatic rings. The first-order valence-electron chi connectivity index (χ1n) is 11.8. The lowest BCUT2D eigenvalue weighted by Crippen LogP contribution is -2.17. The molecule has 5 rings (SSSR count). The second kappa shape index (κ2) is 12.0. The Morgan fingerprint density at radius 3 is 2.51 bits per heavy atom. The molecule has 0 fully saturated rings. The molecule has 0 aliphatic carbocycles. The maximum Gasteiger partial charge on any atom is 0.283 e.